The molecule has 0 radical (unpaired) electrons. The predicted octanol–water partition coefficient (Wildman–Crippen LogP) is 0.0741. The summed E-state index contributed by atoms with van der Waals surface area (Å²) in [4.78, 5) is 20.6. The van der Waals surface area contributed by atoms with Gasteiger partial charge in [0.25, 0.3) is 0 Å². The maximum Gasteiger partial charge on any atom is 0.307 e. The lowest BCUT2D eigenvalue weighted by molar-refractivity contribution is -0.143. The van der Waals surface area contributed by atoms with Crippen LogP contribution in [0.2, 0.25) is 0 Å². The van der Waals surface area contributed by atoms with Crippen LogP contribution in [0.3, 0.4) is 0 Å². The van der Waals surface area contributed by atoms with Crippen LogP contribution in [-0.2, 0) is 14.3 Å². The lowest BCUT2D eigenvalue weighted by atomic mass is 10.2. The maximum absolute atomic E-state index is 10.8. The summed E-state index contributed by atoms with van der Waals surface area (Å²) >= 11 is 0. The van der Waals surface area contributed by atoms with Crippen LogP contribution >= 0.6 is 0 Å². The van der Waals surface area contributed by atoms with Gasteiger partial charge in [-0.05, 0) is 13.8 Å². The second kappa shape index (κ2) is 5.70. The number of esters is 1. The molecule has 0 spiro atoms. The summed E-state index contributed by atoms with van der Waals surface area (Å²) in [6.07, 6.45) is 0.802. The van der Waals surface area contributed by atoms with E-state index in [1.165, 1.54) is 0 Å². The Hall–Kier alpha value is -1.06. The van der Waals surface area contributed by atoms with Gasteiger partial charge in [-0.1, -0.05) is 0 Å². The molecule has 0 fully saturated rings. The van der Waals surface area contributed by atoms with Crippen LogP contribution in [0.25, 0.3) is 0 Å². The molecule has 1 unspecified atom stereocenters. The highest BCUT2D eigenvalue weighted by atomic mass is 16.5. The van der Waals surface area contributed by atoms with Gasteiger partial charge in [0.1, 0.15) is 0 Å². The first kappa shape index (κ1) is 9.94. The Balaban J connectivity index is 3.48. The van der Waals surface area contributed by atoms with Crippen LogP contribution in [-0.4, -0.2) is 25.0 Å². The molecular weight excluding hydrogens is 146 g/mol. The highest BCUT2D eigenvalue weighted by molar-refractivity contribution is 5.70. The minimum atomic E-state index is -0.283. The molecule has 0 aromatic rings. The molecule has 0 rings (SSSR count). The van der Waals surface area contributed by atoms with Gasteiger partial charge in [0.05, 0.1) is 13.0 Å². The molecule has 0 heterocycles. The molecule has 0 bridgehead atoms. The Morgan fingerprint density at radius 3 is 2.82 bits per heavy atom. The van der Waals surface area contributed by atoms with Crippen molar-refractivity contribution in [2.45, 2.75) is 26.3 Å². The van der Waals surface area contributed by atoms with E-state index >= 15 is 0 Å². The van der Waals surface area contributed by atoms with Crippen molar-refractivity contribution >= 4 is 12.4 Å². The molecule has 4 heteroatoms. The average Bonchev–Trinajstić information content (AvgIpc) is 1.87. The number of carbonyl (C=O) groups is 2. The Bertz CT molecular complexity index is 136. The van der Waals surface area contributed by atoms with Crippen LogP contribution in [0.15, 0.2) is 0 Å². The van der Waals surface area contributed by atoms with Gasteiger partial charge in [-0.25, -0.2) is 0 Å². The topological polar surface area (TPSA) is 55.4 Å². The Morgan fingerprint density at radius 2 is 2.36 bits per heavy atom. The number of rotatable bonds is 5. The lowest BCUT2D eigenvalue weighted by Crippen LogP contribution is -2.27. The van der Waals surface area contributed by atoms with E-state index in [0.29, 0.717) is 13.0 Å². The monoisotopic (exact) mass is 159 g/mol. The van der Waals surface area contributed by atoms with Crippen molar-refractivity contribution in [3.8, 4) is 0 Å². The normalized spacial score (nSPS) is 11.8. The van der Waals surface area contributed by atoms with Crippen molar-refractivity contribution in [3.05, 3.63) is 0 Å². The van der Waals surface area contributed by atoms with Crippen molar-refractivity contribution in [3.63, 3.8) is 0 Å². The highest BCUT2D eigenvalue weighted by Gasteiger charge is 2.07. The zero-order valence-corrected chi connectivity index (χ0v) is 6.79. The van der Waals surface area contributed by atoms with Gasteiger partial charge in [0, 0.05) is 6.04 Å². The van der Waals surface area contributed by atoms with Crippen LogP contribution in [0.5, 0.6) is 0 Å². The third-order valence-corrected chi connectivity index (χ3v) is 1.13. The zero-order valence-electron chi connectivity index (χ0n) is 6.79. The Labute approximate surface area is 65.9 Å². The summed E-state index contributed by atoms with van der Waals surface area (Å²) in [7, 11) is 0. The van der Waals surface area contributed by atoms with E-state index in [9.17, 15) is 9.59 Å². The smallest absolute Gasteiger partial charge is 0.307 e. The van der Waals surface area contributed by atoms with E-state index in [1.807, 2.05) is 0 Å². The van der Waals surface area contributed by atoms with E-state index in [-0.39, 0.29) is 18.4 Å². The molecule has 0 saturated heterocycles. The third-order valence-electron chi connectivity index (χ3n) is 1.13. The number of ether oxygens (including phenoxy) is 1. The standard InChI is InChI=1S/C7H13NO3/c1-3-11-7(10)4-6(2)8-5-9/h5-6H,3-4H2,1-2H3,(H,8,9). The van der Waals surface area contributed by atoms with Crippen LogP contribution in [0, 0.1) is 0 Å². The summed E-state index contributed by atoms with van der Waals surface area (Å²) in [6.45, 7) is 3.87. The third kappa shape index (κ3) is 5.39. The van der Waals surface area contributed by atoms with Gasteiger partial charge >= 0.3 is 5.97 Å². The van der Waals surface area contributed by atoms with E-state index < -0.39 is 0 Å². The van der Waals surface area contributed by atoms with Gasteiger partial charge in [-0.2, -0.15) is 0 Å². The Kier molecular flexibility index (Phi) is 5.15. The summed E-state index contributed by atoms with van der Waals surface area (Å²) in [5, 5.41) is 2.45. The molecule has 1 N–H and O–H groups in total. The molecule has 4 nitrogen and oxygen atoms in total. The molecule has 0 saturated carbocycles. The van der Waals surface area contributed by atoms with Gasteiger partial charge < -0.3 is 10.1 Å². The number of hydrogen-bond acceptors (Lipinski definition) is 3. The summed E-state index contributed by atoms with van der Waals surface area (Å²) in [5.41, 5.74) is 0. The van der Waals surface area contributed by atoms with E-state index in [0.717, 1.165) is 0 Å². The second-order valence-electron chi connectivity index (χ2n) is 2.19. The number of hydrogen-bond donors (Lipinski definition) is 1. The molecular formula is C7H13NO3. The zero-order chi connectivity index (χ0) is 8.69. The molecule has 1 amide bonds. The molecule has 64 valence electrons. The second-order valence-corrected chi connectivity index (χ2v) is 2.19. The van der Waals surface area contributed by atoms with Crippen molar-refractivity contribution in [2.24, 2.45) is 0 Å². The highest BCUT2D eigenvalue weighted by Crippen LogP contribution is 1.92. The SMILES string of the molecule is CCOC(=O)CC(C)NC=O. The van der Waals surface area contributed by atoms with Crippen molar-refractivity contribution in [1.82, 2.24) is 5.32 Å². The summed E-state index contributed by atoms with van der Waals surface area (Å²) in [6, 6.07) is -0.147. The largest absolute Gasteiger partial charge is 0.466 e. The Morgan fingerprint density at radius 1 is 1.73 bits per heavy atom. The first-order chi connectivity index (χ1) is 5.20. The molecule has 0 aliphatic rings. The van der Waals surface area contributed by atoms with Crippen LogP contribution in [0.4, 0.5) is 0 Å². The van der Waals surface area contributed by atoms with Gasteiger partial charge in [-0.15, -0.1) is 0 Å². The van der Waals surface area contributed by atoms with Gasteiger partial charge in [0.15, 0.2) is 0 Å². The minimum absolute atomic E-state index is 0.147. The quantitative estimate of drug-likeness (QED) is 0.456. The fourth-order valence-electron chi connectivity index (χ4n) is 0.645. The van der Waals surface area contributed by atoms with Crippen molar-refractivity contribution < 1.29 is 14.3 Å². The molecule has 0 aliphatic heterocycles. The average molecular weight is 159 g/mol. The fourth-order valence-corrected chi connectivity index (χ4v) is 0.645. The van der Waals surface area contributed by atoms with E-state index in [2.05, 4.69) is 10.1 Å². The molecule has 11 heavy (non-hydrogen) atoms. The van der Waals surface area contributed by atoms with E-state index in [1.54, 1.807) is 13.8 Å². The van der Waals surface area contributed by atoms with Crippen molar-refractivity contribution in [1.29, 1.82) is 0 Å². The van der Waals surface area contributed by atoms with Crippen molar-refractivity contribution in [2.75, 3.05) is 6.61 Å². The van der Waals surface area contributed by atoms with Gasteiger partial charge in [-0.3, -0.25) is 9.59 Å². The molecule has 0 aromatic carbocycles. The van der Waals surface area contributed by atoms with Gasteiger partial charge in [0.2, 0.25) is 6.41 Å². The maximum atomic E-state index is 10.8. The first-order valence-electron chi connectivity index (χ1n) is 3.56. The first-order valence-corrected chi connectivity index (χ1v) is 3.56. The minimum Gasteiger partial charge on any atom is -0.466 e. The van der Waals surface area contributed by atoms with Crippen LogP contribution in [0.1, 0.15) is 20.3 Å². The predicted molar refractivity (Wildman–Crippen MR) is 39.9 cm³/mol. The molecule has 0 aliphatic carbocycles. The number of nitrogens with one attached hydrogen (secondary N) is 1. The molecule has 1 atom stereocenters. The fraction of sp³-hybridized carbons (Fsp3) is 0.714. The summed E-state index contributed by atoms with van der Waals surface area (Å²) in [5.74, 6) is -0.283. The number of amides is 1. The lowest BCUT2D eigenvalue weighted by Gasteiger charge is -2.07. The number of carbonyl (C=O) groups excluding carboxylic acids is 2. The van der Waals surface area contributed by atoms with E-state index in [4.69, 9.17) is 0 Å². The summed E-state index contributed by atoms with van der Waals surface area (Å²) < 4.78 is 4.66. The molecule has 0 aromatic heterocycles. The van der Waals surface area contributed by atoms with Crippen LogP contribution < -0.4 is 5.32 Å².